The van der Waals surface area contributed by atoms with Gasteiger partial charge in [-0.1, -0.05) is 13.3 Å². The maximum Gasteiger partial charge on any atom is 0.254 e. The Labute approximate surface area is 136 Å². The van der Waals surface area contributed by atoms with Gasteiger partial charge in [0.15, 0.2) is 0 Å². The fourth-order valence-electron chi connectivity index (χ4n) is 2.80. The van der Waals surface area contributed by atoms with Crippen molar-refractivity contribution < 1.29 is 4.79 Å². The molecule has 1 aromatic carbocycles. The van der Waals surface area contributed by atoms with E-state index in [0.29, 0.717) is 13.1 Å². The van der Waals surface area contributed by atoms with Crippen molar-refractivity contribution in [3.05, 3.63) is 53.3 Å². The highest BCUT2D eigenvalue weighted by molar-refractivity contribution is 5.98. The lowest BCUT2D eigenvalue weighted by atomic mass is 10.1. The molecule has 0 saturated carbocycles. The molecule has 5 nitrogen and oxygen atoms in total. The minimum absolute atomic E-state index is 0.150. The molecule has 0 spiro atoms. The van der Waals surface area contributed by atoms with Crippen LogP contribution in [-0.4, -0.2) is 22.3 Å². The number of pyridine rings is 1. The van der Waals surface area contributed by atoms with Crippen LogP contribution in [0.4, 0.5) is 11.4 Å². The van der Waals surface area contributed by atoms with Gasteiger partial charge in [0.25, 0.3) is 5.91 Å². The molecule has 0 bridgehead atoms. The summed E-state index contributed by atoms with van der Waals surface area (Å²) >= 11 is 0. The molecular formula is C18H22N4O. The summed E-state index contributed by atoms with van der Waals surface area (Å²) in [6.45, 7) is 4.30. The third-order valence-electron chi connectivity index (χ3n) is 4.19. The highest BCUT2D eigenvalue weighted by Crippen LogP contribution is 2.26. The van der Waals surface area contributed by atoms with E-state index in [-0.39, 0.29) is 5.91 Å². The number of anilines is 2. The van der Waals surface area contributed by atoms with Gasteiger partial charge in [-0.15, -0.1) is 0 Å². The van der Waals surface area contributed by atoms with Gasteiger partial charge in [0.2, 0.25) is 0 Å². The standard InChI is InChI=1S/C18H22N4O/c1-2-3-8-22-12-13-9-15(4-5-16(13)18(22)23)21-11-14-10-20-7-6-17(14)19/h4-7,9-10,21H,2-3,8,11-12H2,1H3,(H2,19,20). The summed E-state index contributed by atoms with van der Waals surface area (Å²) in [7, 11) is 0. The Bertz CT molecular complexity index is 714. The second-order valence-corrected chi connectivity index (χ2v) is 5.88. The maximum absolute atomic E-state index is 12.3. The summed E-state index contributed by atoms with van der Waals surface area (Å²) in [5.74, 6) is 0.150. The minimum atomic E-state index is 0.150. The lowest BCUT2D eigenvalue weighted by molar-refractivity contribution is 0.0776. The van der Waals surface area contributed by atoms with Crippen molar-refractivity contribution in [2.75, 3.05) is 17.6 Å². The maximum atomic E-state index is 12.3. The number of nitrogens with one attached hydrogen (secondary N) is 1. The first-order chi connectivity index (χ1) is 11.2. The zero-order valence-electron chi connectivity index (χ0n) is 13.4. The van der Waals surface area contributed by atoms with Crippen LogP contribution in [0.2, 0.25) is 0 Å². The molecule has 3 rings (SSSR count). The second-order valence-electron chi connectivity index (χ2n) is 5.88. The zero-order chi connectivity index (χ0) is 16.2. The van der Waals surface area contributed by atoms with Crippen molar-refractivity contribution in [1.29, 1.82) is 0 Å². The number of aromatic nitrogens is 1. The molecule has 1 aromatic heterocycles. The lowest BCUT2D eigenvalue weighted by Gasteiger charge is -2.14. The van der Waals surface area contributed by atoms with Gasteiger partial charge in [-0.2, -0.15) is 0 Å². The van der Waals surface area contributed by atoms with Crippen molar-refractivity contribution in [2.45, 2.75) is 32.9 Å². The van der Waals surface area contributed by atoms with Crippen LogP contribution in [0.5, 0.6) is 0 Å². The molecule has 5 heteroatoms. The largest absolute Gasteiger partial charge is 0.398 e. The Kier molecular flexibility index (Phi) is 4.46. The third kappa shape index (κ3) is 3.28. The number of carbonyl (C=O) groups is 1. The molecule has 3 N–H and O–H groups in total. The number of nitrogens with two attached hydrogens (primary N) is 1. The van der Waals surface area contributed by atoms with E-state index in [2.05, 4.69) is 23.3 Å². The molecule has 0 atom stereocenters. The first-order valence-corrected chi connectivity index (χ1v) is 8.03. The number of amides is 1. The molecule has 0 saturated heterocycles. The average molecular weight is 310 g/mol. The summed E-state index contributed by atoms with van der Waals surface area (Å²) in [5, 5.41) is 3.35. The number of rotatable bonds is 6. The Morgan fingerprint density at radius 1 is 1.35 bits per heavy atom. The van der Waals surface area contributed by atoms with Crippen LogP contribution in [-0.2, 0) is 13.1 Å². The van der Waals surface area contributed by atoms with Crippen molar-refractivity contribution in [2.24, 2.45) is 0 Å². The summed E-state index contributed by atoms with van der Waals surface area (Å²) in [4.78, 5) is 18.3. The first-order valence-electron chi connectivity index (χ1n) is 8.03. The number of unbranched alkanes of at least 4 members (excludes halogenated alkanes) is 1. The van der Waals surface area contributed by atoms with Crippen molar-refractivity contribution in [1.82, 2.24) is 9.88 Å². The molecule has 120 valence electrons. The topological polar surface area (TPSA) is 71.2 Å². The van der Waals surface area contributed by atoms with E-state index in [0.717, 1.165) is 47.5 Å². The highest BCUT2D eigenvalue weighted by Gasteiger charge is 2.26. The molecule has 2 heterocycles. The zero-order valence-corrected chi connectivity index (χ0v) is 13.4. The van der Waals surface area contributed by atoms with Crippen LogP contribution < -0.4 is 11.1 Å². The summed E-state index contributed by atoms with van der Waals surface area (Å²) in [6, 6.07) is 7.72. The van der Waals surface area contributed by atoms with Crippen LogP contribution in [0.25, 0.3) is 0 Å². The normalized spacial score (nSPS) is 13.3. The van der Waals surface area contributed by atoms with Crippen molar-refractivity contribution in [3.63, 3.8) is 0 Å². The van der Waals surface area contributed by atoms with Crippen LogP contribution in [0, 0.1) is 0 Å². The van der Waals surface area contributed by atoms with E-state index in [1.165, 1.54) is 0 Å². The number of fused-ring (bicyclic) bond motifs is 1. The lowest BCUT2D eigenvalue weighted by Crippen LogP contribution is -2.24. The van der Waals surface area contributed by atoms with Gasteiger partial charge in [-0.05, 0) is 36.2 Å². The van der Waals surface area contributed by atoms with Crippen molar-refractivity contribution >= 4 is 17.3 Å². The quantitative estimate of drug-likeness (QED) is 0.860. The van der Waals surface area contributed by atoms with Gasteiger partial charge in [0.05, 0.1) is 0 Å². The molecule has 23 heavy (non-hydrogen) atoms. The van der Waals surface area contributed by atoms with E-state index in [1.54, 1.807) is 18.5 Å². The number of carbonyl (C=O) groups excluding carboxylic acids is 1. The fourth-order valence-corrected chi connectivity index (χ4v) is 2.80. The van der Waals surface area contributed by atoms with Gasteiger partial charge in [0.1, 0.15) is 0 Å². The minimum Gasteiger partial charge on any atom is -0.398 e. The van der Waals surface area contributed by atoms with Crippen LogP contribution in [0.3, 0.4) is 0 Å². The second kappa shape index (κ2) is 6.69. The fraction of sp³-hybridized carbons (Fsp3) is 0.333. The summed E-state index contributed by atoms with van der Waals surface area (Å²) in [5.41, 5.74) is 10.5. The molecule has 1 amide bonds. The Balaban J connectivity index is 1.68. The van der Waals surface area contributed by atoms with Crippen molar-refractivity contribution in [3.8, 4) is 0 Å². The molecule has 1 aliphatic heterocycles. The molecule has 0 aliphatic carbocycles. The summed E-state index contributed by atoms with van der Waals surface area (Å²) in [6.07, 6.45) is 5.60. The molecule has 1 aliphatic rings. The van der Waals surface area contributed by atoms with Gasteiger partial charge in [-0.3, -0.25) is 9.78 Å². The molecule has 0 radical (unpaired) electrons. The average Bonchev–Trinajstić information content (AvgIpc) is 2.88. The van der Waals surface area contributed by atoms with Gasteiger partial charge in [-0.25, -0.2) is 0 Å². The van der Waals surface area contributed by atoms with Crippen LogP contribution >= 0.6 is 0 Å². The number of hydrogen-bond acceptors (Lipinski definition) is 4. The molecule has 0 unspecified atom stereocenters. The van der Waals surface area contributed by atoms with E-state index in [4.69, 9.17) is 5.73 Å². The predicted octanol–water partition coefficient (Wildman–Crippen LogP) is 3.03. The molecule has 0 fully saturated rings. The predicted molar refractivity (Wildman–Crippen MR) is 92.1 cm³/mol. The smallest absolute Gasteiger partial charge is 0.254 e. The van der Waals surface area contributed by atoms with Gasteiger partial charge >= 0.3 is 0 Å². The number of nitrogen functional groups attached to an aromatic ring is 1. The van der Waals surface area contributed by atoms with Gasteiger partial charge in [0, 0.05) is 54.5 Å². The highest BCUT2D eigenvalue weighted by atomic mass is 16.2. The SMILES string of the molecule is CCCCN1Cc2cc(NCc3cnccc3N)ccc2C1=O. The van der Waals surface area contributed by atoms with E-state index in [9.17, 15) is 4.79 Å². The number of benzene rings is 1. The van der Waals surface area contributed by atoms with E-state index < -0.39 is 0 Å². The Hall–Kier alpha value is -2.56. The summed E-state index contributed by atoms with van der Waals surface area (Å²) < 4.78 is 0. The number of nitrogens with zero attached hydrogens (tertiary/aromatic N) is 2. The van der Waals surface area contributed by atoms with Crippen LogP contribution in [0.15, 0.2) is 36.7 Å². The Morgan fingerprint density at radius 2 is 2.22 bits per heavy atom. The van der Waals surface area contributed by atoms with E-state index in [1.807, 2.05) is 17.0 Å². The number of hydrogen-bond donors (Lipinski definition) is 2. The molecule has 2 aromatic rings. The monoisotopic (exact) mass is 310 g/mol. The first kappa shape index (κ1) is 15.3. The Morgan fingerprint density at radius 3 is 3.00 bits per heavy atom. The van der Waals surface area contributed by atoms with Gasteiger partial charge < -0.3 is 16.0 Å². The third-order valence-corrected chi connectivity index (χ3v) is 4.19. The van der Waals surface area contributed by atoms with E-state index >= 15 is 0 Å². The van der Waals surface area contributed by atoms with Crippen LogP contribution in [0.1, 0.15) is 41.3 Å². The molecular weight excluding hydrogens is 288 g/mol.